The molecule has 0 saturated heterocycles. The number of aromatic nitrogens is 2. The molecule has 4 N–H and O–H groups in total. The van der Waals surface area contributed by atoms with Crippen LogP contribution in [0.15, 0.2) is 12.4 Å². The smallest absolute Gasteiger partial charge is 0.144 e. The first kappa shape index (κ1) is 12.7. The van der Waals surface area contributed by atoms with E-state index >= 15 is 0 Å². The Hall–Kier alpha value is -1.36. The number of aliphatic hydroxyl groups is 1. The van der Waals surface area contributed by atoms with Crippen molar-refractivity contribution in [2.75, 3.05) is 24.2 Å². The second-order valence-electron chi connectivity index (χ2n) is 3.87. The van der Waals surface area contributed by atoms with Gasteiger partial charge in [0, 0.05) is 13.2 Å². The number of hydrogen-bond acceptors (Lipinski definition) is 5. The third-order valence-electron chi connectivity index (χ3n) is 2.48. The molecule has 0 bridgehead atoms. The van der Waals surface area contributed by atoms with Gasteiger partial charge in [-0.25, -0.2) is 9.97 Å². The summed E-state index contributed by atoms with van der Waals surface area (Å²) in [5.74, 6) is 1.63. The van der Waals surface area contributed by atoms with Crippen molar-refractivity contribution < 1.29 is 5.11 Å². The molecule has 1 aromatic heterocycles. The maximum Gasteiger partial charge on any atom is 0.144 e. The SMILES string of the molecule is CCCC(CCO)CNc1cnc(N)cn1. The van der Waals surface area contributed by atoms with E-state index in [1.54, 1.807) is 6.20 Å². The largest absolute Gasteiger partial charge is 0.396 e. The lowest BCUT2D eigenvalue weighted by Gasteiger charge is -2.15. The van der Waals surface area contributed by atoms with Gasteiger partial charge in [0.15, 0.2) is 0 Å². The Bertz CT molecular complexity index is 283. The molecule has 0 aliphatic rings. The molecule has 1 heterocycles. The van der Waals surface area contributed by atoms with Crippen LogP contribution in [0.5, 0.6) is 0 Å². The second kappa shape index (κ2) is 7.00. The number of anilines is 2. The van der Waals surface area contributed by atoms with Gasteiger partial charge in [-0.15, -0.1) is 0 Å². The Morgan fingerprint density at radius 1 is 1.38 bits per heavy atom. The molecule has 0 radical (unpaired) electrons. The van der Waals surface area contributed by atoms with E-state index < -0.39 is 0 Å². The number of nitrogens with zero attached hydrogens (tertiary/aromatic N) is 2. The zero-order valence-corrected chi connectivity index (χ0v) is 9.69. The lowest BCUT2D eigenvalue weighted by Crippen LogP contribution is -2.16. The second-order valence-corrected chi connectivity index (χ2v) is 3.87. The van der Waals surface area contributed by atoms with Crippen LogP contribution in [0, 0.1) is 5.92 Å². The number of nitrogens with one attached hydrogen (secondary N) is 1. The van der Waals surface area contributed by atoms with E-state index in [1.165, 1.54) is 6.20 Å². The van der Waals surface area contributed by atoms with Crippen molar-refractivity contribution in [1.29, 1.82) is 0 Å². The van der Waals surface area contributed by atoms with E-state index in [9.17, 15) is 0 Å². The average Bonchev–Trinajstić information content (AvgIpc) is 2.29. The zero-order chi connectivity index (χ0) is 11.8. The summed E-state index contributed by atoms with van der Waals surface area (Å²) in [4.78, 5) is 8.06. The molecule has 0 saturated carbocycles. The fraction of sp³-hybridized carbons (Fsp3) is 0.636. The molecule has 0 aromatic carbocycles. The summed E-state index contributed by atoms with van der Waals surface area (Å²) in [5.41, 5.74) is 5.44. The van der Waals surface area contributed by atoms with Crippen LogP contribution < -0.4 is 11.1 Å². The lowest BCUT2D eigenvalue weighted by molar-refractivity contribution is 0.255. The highest BCUT2D eigenvalue weighted by Gasteiger charge is 2.07. The summed E-state index contributed by atoms with van der Waals surface area (Å²) in [6.07, 6.45) is 6.21. The predicted octanol–water partition coefficient (Wildman–Crippen LogP) is 1.27. The van der Waals surface area contributed by atoms with Gasteiger partial charge in [-0.2, -0.15) is 0 Å². The fourth-order valence-corrected chi connectivity index (χ4v) is 1.62. The minimum atomic E-state index is 0.236. The van der Waals surface area contributed by atoms with Crippen LogP contribution in [-0.2, 0) is 0 Å². The van der Waals surface area contributed by atoms with Crippen molar-refractivity contribution in [2.45, 2.75) is 26.2 Å². The third kappa shape index (κ3) is 4.44. The first-order chi connectivity index (χ1) is 7.76. The van der Waals surface area contributed by atoms with Crippen LogP contribution in [0.2, 0.25) is 0 Å². The summed E-state index contributed by atoms with van der Waals surface area (Å²) < 4.78 is 0. The van der Waals surface area contributed by atoms with Crippen molar-refractivity contribution in [3.63, 3.8) is 0 Å². The summed E-state index contributed by atoms with van der Waals surface area (Å²) in [7, 11) is 0. The van der Waals surface area contributed by atoms with E-state index in [4.69, 9.17) is 10.8 Å². The van der Waals surface area contributed by atoms with E-state index in [-0.39, 0.29) is 6.61 Å². The number of aliphatic hydroxyl groups excluding tert-OH is 1. The normalized spacial score (nSPS) is 12.4. The zero-order valence-electron chi connectivity index (χ0n) is 9.69. The van der Waals surface area contributed by atoms with E-state index in [2.05, 4.69) is 22.2 Å². The summed E-state index contributed by atoms with van der Waals surface area (Å²) >= 11 is 0. The van der Waals surface area contributed by atoms with Gasteiger partial charge in [0.2, 0.25) is 0 Å². The van der Waals surface area contributed by atoms with Crippen LogP contribution in [0.1, 0.15) is 26.2 Å². The topological polar surface area (TPSA) is 84.1 Å². The van der Waals surface area contributed by atoms with E-state index in [0.717, 1.165) is 31.6 Å². The van der Waals surface area contributed by atoms with Gasteiger partial charge in [-0.1, -0.05) is 13.3 Å². The summed E-state index contributed by atoms with van der Waals surface area (Å²) in [6.45, 7) is 3.19. The molecule has 0 amide bonds. The molecule has 16 heavy (non-hydrogen) atoms. The maximum absolute atomic E-state index is 8.92. The number of nitrogen functional groups attached to an aromatic ring is 1. The fourth-order valence-electron chi connectivity index (χ4n) is 1.62. The van der Waals surface area contributed by atoms with Gasteiger partial charge in [0.1, 0.15) is 11.6 Å². The highest BCUT2D eigenvalue weighted by atomic mass is 16.3. The molecule has 0 aliphatic heterocycles. The Labute approximate surface area is 96.1 Å². The predicted molar refractivity (Wildman–Crippen MR) is 65.0 cm³/mol. The molecule has 0 aliphatic carbocycles. The highest BCUT2D eigenvalue weighted by Crippen LogP contribution is 2.12. The minimum Gasteiger partial charge on any atom is -0.396 e. The maximum atomic E-state index is 8.92. The molecule has 0 fully saturated rings. The minimum absolute atomic E-state index is 0.236. The Kier molecular flexibility index (Phi) is 5.56. The monoisotopic (exact) mass is 224 g/mol. The van der Waals surface area contributed by atoms with Crippen molar-refractivity contribution in [3.8, 4) is 0 Å². The van der Waals surface area contributed by atoms with Crippen LogP contribution in [-0.4, -0.2) is 28.2 Å². The summed E-state index contributed by atoms with van der Waals surface area (Å²) in [5, 5.41) is 12.1. The number of hydrogen-bond donors (Lipinski definition) is 3. The highest BCUT2D eigenvalue weighted by molar-refractivity contribution is 5.35. The van der Waals surface area contributed by atoms with Gasteiger partial charge >= 0.3 is 0 Å². The van der Waals surface area contributed by atoms with Crippen LogP contribution in [0.3, 0.4) is 0 Å². The third-order valence-corrected chi connectivity index (χ3v) is 2.48. The van der Waals surface area contributed by atoms with Gasteiger partial charge in [-0.05, 0) is 18.8 Å². The molecule has 1 rings (SSSR count). The molecule has 90 valence electrons. The van der Waals surface area contributed by atoms with Crippen molar-refractivity contribution in [2.24, 2.45) is 5.92 Å². The van der Waals surface area contributed by atoms with E-state index in [1.807, 2.05) is 0 Å². The molecular formula is C11H20N4O. The van der Waals surface area contributed by atoms with E-state index in [0.29, 0.717) is 11.7 Å². The Morgan fingerprint density at radius 3 is 2.75 bits per heavy atom. The first-order valence-electron chi connectivity index (χ1n) is 5.68. The molecule has 0 spiro atoms. The molecule has 5 nitrogen and oxygen atoms in total. The average molecular weight is 224 g/mol. The van der Waals surface area contributed by atoms with Crippen molar-refractivity contribution >= 4 is 11.6 Å². The number of nitrogens with two attached hydrogens (primary N) is 1. The van der Waals surface area contributed by atoms with Gasteiger partial charge in [-0.3, -0.25) is 0 Å². The first-order valence-corrected chi connectivity index (χ1v) is 5.68. The Morgan fingerprint density at radius 2 is 2.19 bits per heavy atom. The lowest BCUT2D eigenvalue weighted by atomic mass is 10.0. The molecule has 5 heteroatoms. The van der Waals surface area contributed by atoms with Crippen LogP contribution in [0.4, 0.5) is 11.6 Å². The van der Waals surface area contributed by atoms with Crippen molar-refractivity contribution in [3.05, 3.63) is 12.4 Å². The Balaban J connectivity index is 2.38. The number of rotatable bonds is 7. The molecular weight excluding hydrogens is 204 g/mol. The summed E-state index contributed by atoms with van der Waals surface area (Å²) in [6, 6.07) is 0. The van der Waals surface area contributed by atoms with Gasteiger partial charge in [0.25, 0.3) is 0 Å². The van der Waals surface area contributed by atoms with Crippen LogP contribution >= 0.6 is 0 Å². The molecule has 1 unspecified atom stereocenters. The molecule has 1 atom stereocenters. The van der Waals surface area contributed by atoms with Gasteiger partial charge < -0.3 is 16.2 Å². The van der Waals surface area contributed by atoms with Crippen molar-refractivity contribution in [1.82, 2.24) is 9.97 Å². The molecule has 1 aromatic rings. The van der Waals surface area contributed by atoms with Gasteiger partial charge in [0.05, 0.1) is 12.4 Å². The van der Waals surface area contributed by atoms with Crippen LogP contribution in [0.25, 0.3) is 0 Å². The standard InChI is InChI=1S/C11H20N4O/c1-2-3-9(4-5-16)6-14-11-8-13-10(12)7-15-11/h7-9,16H,2-6H2,1H3,(H2,12,13)(H,14,15). The quantitative estimate of drug-likeness (QED) is 0.649.